The van der Waals surface area contributed by atoms with Crippen LogP contribution >= 0.6 is 7.60 Å². The van der Waals surface area contributed by atoms with Crippen LogP contribution in [-0.4, -0.2) is 87.6 Å². The molecule has 0 saturated heterocycles. The average Bonchev–Trinajstić information content (AvgIpc) is 4.00. The molecule has 4 N–H and O–H groups in total. The summed E-state index contributed by atoms with van der Waals surface area (Å²) in [6, 6.07) is 13.7. The standard InChI is InChI=1S/C25H25F3N2O6.C15H12F3NO4S.C3H8NO5P/c1-5-16-6-7-17(20(12-16)36-15(2)23(32)34-4)14-35-19-10-8-18(9-11-19)30-22(31)13-21(25(26,27)28)29(3)24(30)33;1-24(21,22)12-6-9(15(16,17)18)4-5-10(12)13(20)11-7-19-23-14(11)8-2-3-8;5-3(6)1-4-2-10(7,8)9/h6-13,15H,5,14H2,1-4H3;4-8H,2-3H2,1H3;4H,1-2H2,(H,5,6)(H2,7,8,9). The zero-order valence-electron chi connectivity index (χ0n) is 37.5. The molecule has 0 aliphatic heterocycles. The predicted molar refractivity (Wildman–Crippen MR) is 234 cm³/mol. The number of carbonyl (C=O) groups is 3. The lowest BCUT2D eigenvalue weighted by Crippen LogP contribution is -2.40. The first kappa shape index (κ1) is 56.0. The minimum atomic E-state index is -4.84. The lowest BCUT2D eigenvalue weighted by atomic mass is 10.0. The summed E-state index contributed by atoms with van der Waals surface area (Å²) in [5.41, 5.74) is -3.17. The van der Waals surface area contributed by atoms with Gasteiger partial charge < -0.3 is 33.6 Å². The Kier molecular flexibility index (Phi) is 18.3. The minimum absolute atomic E-state index is 0.0441. The second kappa shape index (κ2) is 22.9. The largest absolute Gasteiger partial charge is 0.489 e. The molecule has 1 saturated carbocycles. The molecule has 0 radical (unpaired) electrons. The maximum atomic E-state index is 13.1. The van der Waals surface area contributed by atoms with Crippen molar-refractivity contribution in [3.8, 4) is 17.2 Å². The van der Waals surface area contributed by atoms with Gasteiger partial charge in [0, 0.05) is 36.4 Å². The molecule has 1 fully saturated rings. The summed E-state index contributed by atoms with van der Waals surface area (Å²) >= 11 is 0. The van der Waals surface area contributed by atoms with Gasteiger partial charge >= 0.3 is 37.6 Å². The third kappa shape index (κ3) is 15.5. The lowest BCUT2D eigenvalue weighted by Gasteiger charge is -2.17. The summed E-state index contributed by atoms with van der Waals surface area (Å²) in [5, 5.41) is 13.6. The van der Waals surface area contributed by atoms with Gasteiger partial charge in [0.05, 0.1) is 47.8 Å². The fourth-order valence-corrected chi connectivity index (χ4v) is 7.45. The molecular formula is C43H45F6N4O15PS. The first-order chi connectivity index (χ1) is 32.5. The van der Waals surface area contributed by atoms with Crippen molar-refractivity contribution in [3.63, 3.8) is 0 Å². The number of alkyl halides is 6. The fourth-order valence-electron chi connectivity index (χ4n) is 6.15. The third-order valence-corrected chi connectivity index (χ3v) is 11.6. The quantitative estimate of drug-likeness (QED) is 0.0403. The lowest BCUT2D eigenvalue weighted by molar-refractivity contribution is -0.148. The predicted octanol–water partition coefficient (Wildman–Crippen LogP) is 5.64. The Hall–Kier alpha value is -6.60. The van der Waals surface area contributed by atoms with Crippen molar-refractivity contribution in [1.82, 2.24) is 19.6 Å². The number of methoxy groups -OCH3 is 1. The van der Waals surface area contributed by atoms with Crippen LogP contribution in [0.1, 0.15) is 76.7 Å². The molecular weight excluding hydrogens is 990 g/mol. The minimum Gasteiger partial charge on any atom is -0.489 e. The SMILES string of the molecule is CCc1ccc(COc2ccc(-n3c(=O)cc(C(F)(F)F)n(C)c3=O)cc2)c(OC(C)C(=O)OC)c1.CS(=O)(=O)c1cc(C(F)(F)F)ccc1C(=O)c1cnoc1C1CC1.O=C(O)CNCP(=O)(O)O. The average molecular weight is 1030 g/mol. The third-order valence-electron chi connectivity index (χ3n) is 9.81. The van der Waals surface area contributed by atoms with Crippen LogP contribution in [0.25, 0.3) is 5.69 Å². The van der Waals surface area contributed by atoms with E-state index in [1.807, 2.05) is 25.1 Å². The second-order valence-corrected chi connectivity index (χ2v) is 18.9. The molecule has 0 spiro atoms. The monoisotopic (exact) mass is 1030 g/mol. The molecule has 1 unspecified atom stereocenters. The molecule has 380 valence electrons. The van der Waals surface area contributed by atoms with Crippen LogP contribution in [0.2, 0.25) is 0 Å². The van der Waals surface area contributed by atoms with Gasteiger partial charge in [-0.1, -0.05) is 24.2 Å². The zero-order chi connectivity index (χ0) is 52.5. The van der Waals surface area contributed by atoms with Gasteiger partial charge in [0.15, 0.2) is 27.5 Å². The highest BCUT2D eigenvalue weighted by Crippen LogP contribution is 2.42. The van der Waals surface area contributed by atoms with Gasteiger partial charge in [0.25, 0.3) is 5.56 Å². The molecule has 0 amide bonds. The molecule has 2 heterocycles. The summed E-state index contributed by atoms with van der Waals surface area (Å²) in [5.74, 6) is -1.16. The number of aliphatic carboxylic acids is 1. The molecule has 1 aliphatic carbocycles. The number of rotatable bonds is 16. The number of ether oxygens (including phenoxy) is 3. The molecule has 19 nitrogen and oxygen atoms in total. The maximum Gasteiger partial charge on any atom is 0.431 e. The van der Waals surface area contributed by atoms with Crippen LogP contribution in [0.15, 0.2) is 91.9 Å². The Bertz CT molecular complexity index is 2980. The van der Waals surface area contributed by atoms with Gasteiger partial charge in [-0.2, -0.15) is 26.3 Å². The molecule has 5 aromatic rings. The summed E-state index contributed by atoms with van der Waals surface area (Å²) in [6.07, 6.45) is -6.65. The number of halogens is 6. The van der Waals surface area contributed by atoms with E-state index in [0.29, 0.717) is 50.2 Å². The van der Waals surface area contributed by atoms with Crippen LogP contribution in [0.4, 0.5) is 26.3 Å². The Morgan fingerprint density at radius 2 is 1.60 bits per heavy atom. The van der Waals surface area contributed by atoms with Gasteiger partial charge in [-0.05, 0) is 80.3 Å². The Morgan fingerprint density at radius 3 is 2.13 bits per heavy atom. The summed E-state index contributed by atoms with van der Waals surface area (Å²) < 4.78 is 134. The number of ketones is 1. The van der Waals surface area contributed by atoms with E-state index >= 15 is 0 Å². The van der Waals surface area contributed by atoms with Gasteiger partial charge in [0.1, 0.15) is 23.8 Å². The van der Waals surface area contributed by atoms with Crippen LogP contribution in [0, 0.1) is 0 Å². The maximum absolute atomic E-state index is 13.1. The smallest absolute Gasteiger partial charge is 0.431 e. The number of hydrogen-bond acceptors (Lipinski definition) is 14. The number of nitrogens with one attached hydrogen (secondary N) is 1. The van der Waals surface area contributed by atoms with Gasteiger partial charge in [-0.15, -0.1) is 0 Å². The van der Waals surface area contributed by atoms with E-state index in [9.17, 15) is 63.3 Å². The molecule has 1 atom stereocenters. The Balaban J connectivity index is 0.000000268. The summed E-state index contributed by atoms with van der Waals surface area (Å²) in [7, 11) is -5.92. The molecule has 6 rings (SSSR count). The van der Waals surface area contributed by atoms with E-state index < -0.39 is 93.8 Å². The van der Waals surface area contributed by atoms with E-state index in [4.69, 9.17) is 33.6 Å². The summed E-state index contributed by atoms with van der Waals surface area (Å²) in [6.45, 7) is 3.19. The highest BCUT2D eigenvalue weighted by molar-refractivity contribution is 7.90. The van der Waals surface area contributed by atoms with E-state index in [1.165, 1.54) is 37.6 Å². The second-order valence-electron chi connectivity index (χ2n) is 15.2. The van der Waals surface area contributed by atoms with Gasteiger partial charge in [-0.25, -0.2) is 22.6 Å². The topological polar surface area (TPSA) is 273 Å². The van der Waals surface area contributed by atoms with E-state index in [1.54, 1.807) is 6.92 Å². The van der Waals surface area contributed by atoms with Crippen molar-refractivity contribution in [1.29, 1.82) is 0 Å². The normalized spacial score (nSPS) is 13.2. The number of aromatic nitrogens is 3. The van der Waals surface area contributed by atoms with Crippen molar-refractivity contribution >= 4 is 35.2 Å². The number of carbonyl (C=O) groups excluding carboxylic acids is 2. The number of aryl methyl sites for hydroxylation is 1. The highest BCUT2D eigenvalue weighted by atomic mass is 32.2. The molecule has 1 aliphatic rings. The molecule has 27 heteroatoms. The first-order valence-corrected chi connectivity index (χ1v) is 24.0. The van der Waals surface area contributed by atoms with Crippen molar-refractivity contribution in [2.75, 3.05) is 26.2 Å². The Labute approximate surface area is 393 Å². The summed E-state index contributed by atoms with van der Waals surface area (Å²) in [4.78, 5) is 74.6. The van der Waals surface area contributed by atoms with Crippen molar-refractivity contribution in [3.05, 3.63) is 133 Å². The molecule has 70 heavy (non-hydrogen) atoms. The number of benzene rings is 3. The zero-order valence-corrected chi connectivity index (χ0v) is 39.2. The molecule has 2 aromatic heterocycles. The fraction of sp³-hybridized carbons (Fsp3) is 0.349. The number of carboxylic acids is 1. The Morgan fingerprint density at radius 1 is 0.957 bits per heavy atom. The van der Waals surface area contributed by atoms with Crippen molar-refractivity contribution in [2.45, 2.75) is 69.0 Å². The number of nitrogens with zero attached hydrogens (tertiary/aromatic N) is 3. The van der Waals surface area contributed by atoms with Crippen LogP contribution in [0.3, 0.4) is 0 Å². The van der Waals surface area contributed by atoms with Gasteiger partial charge in [-0.3, -0.25) is 28.8 Å². The van der Waals surface area contributed by atoms with Crippen LogP contribution in [0.5, 0.6) is 11.5 Å². The van der Waals surface area contributed by atoms with Crippen molar-refractivity contribution in [2.24, 2.45) is 7.05 Å². The first-order valence-electron chi connectivity index (χ1n) is 20.3. The highest BCUT2D eigenvalue weighted by Gasteiger charge is 2.37. The van der Waals surface area contributed by atoms with Crippen LogP contribution < -0.4 is 26.0 Å². The molecule has 3 aromatic carbocycles. The number of sulfone groups is 1. The van der Waals surface area contributed by atoms with Crippen molar-refractivity contribution < 1.29 is 87.3 Å². The number of esters is 1. The number of hydrogen-bond donors (Lipinski definition) is 4. The van der Waals surface area contributed by atoms with E-state index in [0.717, 1.165) is 44.2 Å². The number of carboxylic acid groups (broad SMARTS) is 1. The van der Waals surface area contributed by atoms with Crippen LogP contribution in [-0.2, 0) is 61.2 Å². The van der Waals surface area contributed by atoms with E-state index in [2.05, 4.69) is 10.5 Å². The van der Waals surface area contributed by atoms with E-state index in [-0.39, 0.29) is 29.3 Å². The molecule has 0 bridgehead atoms. The van der Waals surface area contributed by atoms with Gasteiger partial charge in [0.2, 0.25) is 0 Å².